The molecule has 0 N–H and O–H groups in total. The van der Waals surface area contributed by atoms with Crippen LogP contribution in [0.15, 0.2) is 78.9 Å². The van der Waals surface area contributed by atoms with E-state index in [1.807, 2.05) is 54.6 Å². The Morgan fingerprint density at radius 2 is 1.19 bits per heavy atom. The minimum atomic E-state index is -0.864. The zero-order valence-corrected chi connectivity index (χ0v) is 20.5. The standard InChI is InChI=1S/C31H28N2O4/c34-29(32-14-16-37-17-15-32)24(18-19-8-2-1-3-9-19)33-30(35)27-25-20-10-4-5-11-21(20)26(28(27)31(33)36)23-13-7-6-12-22(23)25/h1-13,24-28H,14-18H2/t24-,25?,26?,27-,28-/m0/s1. The summed E-state index contributed by atoms with van der Waals surface area (Å²) in [6.07, 6.45) is 0.309. The molecule has 6 heteroatoms. The third-order valence-electron chi connectivity index (χ3n) is 8.67. The molecule has 0 saturated carbocycles. The van der Waals surface area contributed by atoms with E-state index in [9.17, 15) is 14.4 Å². The molecule has 0 radical (unpaired) electrons. The van der Waals surface area contributed by atoms with E-state index in [0.29, 0.717) is 32.7 Å². The van der Waals surface area contributed by atoms with Crippen molar-refractivity contribution >= 4 is 17.7 Å². The van der Waals surface area contributed by atoms with Crippen LogP contribution in [0.1, 0.15) is 39.7 Å². The predicted octanol–water partition coefficient (Wildman–Crippen LogP) is 3.35. The van der Waals surface area contributed by atoms with Gasteiger partial charge >= 0.3 is 0 Å². The van der Waals surface area contributed by atoms with Gasteiger partial charge in [0, 0.05) is 31.3 Å². The van der Waals surface area contributed by atoms with E-state index in [1.165, 1.54) is 4.90 Å². The second-order valence-corrected chi connectivity index (χ2v) is 10.5. The van der Waals surface area contributed by atoms with Crippen molar-refractivity contribution in [2.75, 3.05) is 26.3 Å². The van der Waals surface area contributed by atoms with Crippen molar-refractivity contribution in [3.63, 3.8) is 0 Å². The number of hydrogen-bond donors (Lipinski definition) is 0. The van der Waals surface area contributed by atoms with Crippen LogP contribution in [-0.2, 0) is 25.5 Å². The first kappa shape index (κ1) is 22.4. The van der Waals surface area contributed by atoms with Crippen molar-refractivity contribution < 1.29 is 19.1 Å². The van der Waals surface area contributed by atoms with E-state index < -0.39 is 17.9 Å². The lowest BCUT2D eigenvalue weighted by molar-refractivity contribution is -0.153. The van der Waals surface area contributed by atoms with Crippen molar-refractivity contribution in [3.8, 4) is 0 Å². The van der Waals surface area contributed by atoms with Crippen LogP contribution in [0.25, 0.3) is 0 Å². The topological polar surface area (TPSA) is 66.9 Å². The molecular formula is C31H28N2O4. The Hall–Kier alpha value is -3.77. The number of ether oxygens (including phenoxy) is 1. The van der Waals surface area contributed by atoms with E-state index in [4.69, 9.17) is 4.74 Å². The molecule has 2 aliphatic heterocycles. The molecule has 0 aromatic heterocycles. The van der Waals surface area contributed by atoms with Crippen molar-refractivity contribution in [2.45, 2.75) is 24.3 Å². The summed E-state index contributed by atoms with van der Waals surface area (Å²) < 4.78 is 5.46. The maximum atomic E-state index is 14.3. The predicted molar refractivity (Wildman–Crippen MR) is 137 cm³/mol. The molecule has 3 atom stereocenters. The van der Waals surface area contributed by atoms with Gasteiger partial charge in [-0.1, -0.05) is 78.9 Å². The Morgan fingerprint density at radius 1 is 0.730 bits per heavy atom. The molecule has 3 aromatic carbocycles. The minimum absolute atomic E-state index is 0.171. The Morgan fingerprint density at radius 3 is 1.68 bits per heavy atom. The van der Waals surface area contributed by atoms with Gasteiger partial charge in [-0.15, -0.1) is 0 Å². The summed E-state index contributed by atoms with van der Waals surface area (Å²) in [7, 11) is 0. The van der Waals surface area contributed by atoms with Crippen LogP contribution < -0.4 is 0 Å². The molecule has 37 heavy (non-hydrogen) atoms. The number of morpholine rings is 1. The van der Waals surface area contributed by atoms with Crippen LogP contribution in [0.3, 0.4) is 0 Å². The Kier molecular flexibility index (Phi) is 5.25. The molecule has 6 nitrogen and oxygen atoms in total. The first-order valence-corrected chi connectivity index (χ1v) is 13.1. The number of amides is 3. The molecule has 5 aliphatic rings. The van der Waals surface area contributed by atoms with Gasteiger partial charge in [0.05, 0.1) is 25.0 Å². The molecule has 8 rings (SSSR count). The smallest absolute Gasteiger partial charge is 0.246 e. The highest BCUT2D eigenvalue weighted by Crippen LogP contribution is 2.61. The SMILES string of the molecule is O=C([C@H](Cc1ccccc1)N1C(=O)[C@H]2C3c4ccccc4C(c4ccccc43)[C@@H]2C1=O)N1CCOCC1. The average molecular weight is 493 g/mol. The lowest BCUT2D eigenvalue weighted by Crippen LogP contribution is -2.54. The highest BCUT2D eigenvalue weighted by Gasteiger charge is 2.63. The number of hydrogen-bond acceptors (Lipinski definition) is 4. The molecule has 2 saturated heterocycles. The van der Waals surface area contributed by atoms with Crippen molar-refractivity contribution in [1.29, 1.82) is 0 Å². The highest BCUT2D eigenvalue weighted by molar-refractivity contribution is 6.10. The maximum absolute atomic E-state index is 14.3. The van der Waals surface area contributed by atoms with Gasteiger partial charge in [0.15, 0.2) is 0 Å². The van der Waals surface area contributed by atoms with Gasteiger partial charge in [0.2, 0.25) is 17.7 Å². The van der Waals surface area contributed by atoms with E-state index in [1.54, 1.807) is 4.90 Å². The maximum Gasteiger partial charge on any atom is 0.246 e. The number of imide groups is 1. The number of carbonyl (C=O) groups is 3. The fourth-order valence-corrected chi connectivity index (χ4v) is 7.13. The lowest BCUT2D eigenvalue weighted by Gasteiger charge is -2.45. The monoisotopic (exact) mass is 492 g/mol. The van der Waals surface area contributed by atoms with E-state index >= 15 is 0 Å². The van der Waals surface area contributed by atoms with Gasteiger partial charge in [-0.05, 0) is 27.8 Å². The summed E-state index contributed by atoms with van der Waals surface area (Å²) in [5.41, 5.74) is 5.47. The molecule has 186 valence electrons. The number of likely N-dealkylation sites (tertiary alicyclic amines) is 1. The van der Waals surface area contributed by atoms with Gasteiger partial charge in [-0.25, -0.2) is 0 Å². The van der Waals surface area contributed by atoms with E-state index in [-0.39, 0.29) is 29.6 Å². The number of carbonyl (C=O) groups excluding carboxylic acids is 3. The summed E-state index contributed by atoms with van der Waals surface area (Å²) in [6, 6.07) is 25.2. The van der Waals surface area contributed by atoms with Crippen molar-refractivity contribution in [1.82, 2.24) is 9.80 Å². The molecule has 2 fully saturated rings. The summed E-state index contributed by atoms with van der Waals surface area (Å²) in [4.78, 5) is 45.6. The lowest BCUT2D eigenvalue weighted by atomic mass is 9.55. The largest absolute Gasteiger partial charge is 0.378 e. The van der Waals surface area contributed by atoms with Crippen molar-refractivity contribution in [3.05, 3.63) is 107 Å². The average Bonchev–Trinajstić information content (AvgIpc) is 3.22. The second kappa shape index (κ2) is 8.67. The first-order chi connectivity index (χ1) is 18.1. The van der Waals surface area contributed by atoms with Gasteiger partial charge in [-0.3, -0.25) is 19.3 Å². The van der Waals surface area contributed by atoms with Crippen LogP contribution in [0, 0.1) is 11.8 Å². The summed E-state index contributed by atoms with van der Waals surface area (Å²) in [6.45, 7) is 1.86. The Bertz CT molecular complexity index is 1280. The van der Waals surface area contributed by atoms with E-state index in [2.05, 4.69) is 24.3 Å². The fraction of sp³-hybridized carbons (Fsp3) is 0.323. The molecule has 3 amide bonds. The van der Waals surface area contributed by atoms with E-state index in [0.717, 1.165) is 27.8 Å². The van der Waals surface area contributed by atoms with Crippen LogP contribution in [0.2, 0.25) is 0 Å². The van der Waals surface area contributed by atoms with Crippen LogP contribution >= 0.6 is 0 Å². The first-order valence-electron chi connectivity index (χ1n) is 13.1. The minimum Gasteiger partial charge on any atom is -0.378 e. The molecular weight excluding hydrogens is 464 g/mol. The third kappa shape index (κ3) is 3.32. The van der Waals surface area contributed by atoms with Crippen LogP contribution in [-0.4, -0.2) is 59.9 Å². The summed E-state index contributed by atoms with van der Waals surface area (Å²) >= 11 is 0. The van der Waals surface area contributed by atoms with Gasteiger partial charge in [-0.2, -0.15) is 0 Å². The zero-order chi connectivity index (χ0) is 25.1. The third-order valence-corrected chi connectivity index (χ3v) is 8.67. The number of nitrogens with zero attached hydrogens (tertiary/aromatic N) is 2. The fourth-order valence-electron chi connectivity index (χ4n) is 7.13. The van der Waals surface area contributed by atoms with Gasteiger partial charge in [0.25, 0.3) is 0 Å². The quantitative estimate of drug-likeness (QED) is 0.524. The normalized spacial score (nSPS) is 26.5. The van der Waals surface area contributed by atoms with Crippen LogP contribution in [0.5, 0.6) is 0 Å². The van der Waals surface area contributed by atoms with Crippen LogP contribution in [0.4, 0.5) is 0 Å². The Labute approximate surface area is 215 Å². The molecule has 3 aliphatic carbocycles. The number of benzene rings is 3. The molecule has 0 spiro atoms. The summed E-state index contributed by atoms with van der Waals surface area (Å²) in [5, 5.41) is 0. The zero-order valence-electron chi connectivity index (χ0n) is 20.5. The molecule has 0 unspecified atom stereocenters. The van der Waals surface area contributed by atoms with Gasteiger partial charge < -0.3 is 9.64 Å². The highest BCUT2D eigenvalue weighted by atomic mass is 16.5. The van der Waals surface area contributed by atoms with Gasteiger partial charge in [0.1, 0.15) is 6.04 Å². The number of rotatable bonds is 4. The summed E-state index contributed by atoms with van der Waals surface area (Å²) in [5.74, 6) is -1.93. The molecule has 3 aromatic rings. The molecule has 2 bridgehead atoms. The Balaban J connectivity index is 1.32. The second-order valence-electron chi connectivity index (χ2n) is 10.5. The molecule has 2 heterocycles. The van der Waals surface area contributed by atoms with Crippen molar-refractivity contribution in [2.24, 2.45) is 11.8 Å².